The number of hydrogen-bond acceptors (Lipinski definition) is 3. The molecule has 0 saturated carbocycles. The van der Waals surface area contributed by atoms with Crippen molar-refractivity contribution < 1.29 is 4.79 Å². The molecular formula is C15H9Cl2N3O. The van der Waals surface area contributed by atoms with Crippen LogP contribution in [0, 0.1) is 0 Å². The molecule has 3 aromatic rings. The van der Waals surface area contributed by atoms with Crippen LogP contribution in [0.4, 0.5) is 5.69 Å². The average Bonchev–Trinajstić information content (AvgIpc) is 2.50. The number of carbonyl (C=O) groups excluding carboxylic acids is 1. The smallest absolute Gasteiger partial charge is 0.255 e. The van der Waals surface area contributed by atoms with E-state index in [-0.39, 0.29) is 5.91 Å². The van der Waals surface area contributed by atoms with Gasteiger partial charge in [-0.2, -0.15) is 0 Å². The van der Waals surface area contributed by atoms with Gasteiger partial charge < -0.3 is 5.32 Å². The van der Waals surface area contributed by atoms with Gasteiger partial charge in [-0.15, -0.1) is 0 Å². The highest BCUT2D eigenvalue weighted by molar-refractivity contribution is 6.42. The first-order chi connectivity index (χ1) is 10.1. The molecule has 0 aliphatic heterocycles. The van der Waals surface area contributed by atoms with Crippen molar-refractivity contribution in [3.8, 4) is 0 Å². The third-order valence-electron chi connectivity index (χ3n) is 2.91. The summed E-state index contributed by atoms with van der Waals surface area (Å²) in [7, 11) is 0. The zero-order valence-electron chi connectivity index (χ0n) is 10.7. The van der Waals surface area contributed by atoms with Crippen LogP contribution in [0.1, 0.15) is 10.4 Å². The normalized spacial score (nSPS) is 10.6. The molecule has 4 nitrogen and oxygen atoms in total. The highest BCUT2D eigenvalue weighted by Gasteiger charge is 2.09. The van der Waals surface area contributed by atoms with E-state index in [2.05, 4.69) is 15.3 Å². The molecule has 21 heavy (non-hydrogen) atoms. The van der Waals surface area contributed by atoms with E-state index in [1.165, 1.54) is 6.07 Å². The number of amides is 1. The Labute approximate surface area is 130 Å². The number of aromatic nitrogens is 2. The Kier molecular flexibility index (Phi) is 3.73. The van der Waals surface area contributed by atoms with Crippen LogP contribution in [0.2, 0.25) is 10.0 Å². The molecule has 3 rings (SSSR count). The molecule has 104 valence electrons. The van der Waals surface area contributed by atoms with E-state index >= 15 is 0 Å². The van der Waals surface area contributed by atoms with Gasteiger partial charge >= 0.3 is 0 Å². The predicted molar refractivity (Wildman–Crippen MR) is 84.0 cm³/mol. The van der Waals surface area contributed by atoms with Gasteiger partial charge in [0.05, 0.1) is 21.1 Å². The summed E-state index contributed by atoms with van der Waals surface area (Å²) < 4.78 is 0. The van der Waals surface area contributed by atoms with Crippen molar-refractivity contribution in [2.45, 2.75) is 0 Å². The van der Waals surface area contributed by atoms with Crippen LogP contribution in [-0.2, 0) is 0 Å². The molecule has 1 N–H and O–H groups in total. The standard InChI is InChI=1S/C15H9Cl2N3O/c16-11-3-1-9(7-12(11)17)15(21)20-10-2-4-13-14(8-10)19-6-5-18-13/h1-8H,(H,20,21). The zero-order chi connectivity index (χ0) is 14.8. The lowest BCUT2D eigenvalue weighted by molar-refractivity contribution is 0.102. The summed E-state index contributed by atoms with van der Waals surface area (Å²) in [6.07, 6.45) is 3.23. The first-order valence-corrected chi connectivity index (χ1v) is 6.86. The van der Waals surface area contributed by atoms with Gasteiger partial charge in [0, 0.05) is 23.6 Å². The summed E-state index contributed by atoms with van der Waals surface area (Å²) in [6, 6.07) is 10.1. The monoisotopic (exact) mass is 317 g/mol. The van der Waals surface area contributed by atoms with Crippen LogP contribution in [0.15, 0.2) is 48.8 Å². The highest BCUT2D eigenvalue weighted by atomic mass is 35.5. The van der Waals surface area contributed by atoms with Crippen molar-refractivity contribution >= 4 is 45.8 Å². The second-order valence-corrected chi connectivity index (χ2v) is 5.16. The minimum atomic E-state index is -0.267. The highest BCUT2D eigenvalue weighted by Crippen LogP contribution is 2.23. The number of nitrogens with zero attached hydrogens (tertiary/aromatic N) is 2. The summed E-state index contributed by atoms with van der Waals surface area (Å²) in [5.41, 5.74) is 2.55. The number of benzene rings is 2. The Balaban J connectivity index is 1.87. The quantitative estimate of drug-likeness (QED) is 0.771. The van der Waals surface area contributed by atoms with E-state index in [1.54, 1.807) is 42.7 Å². The third-order valence-corrected chi connectivity index (χ3v) is 3.65. The second-order valence-electron chi connectivity index (χ2n) is 4.34. The maximum Gasteiger partial charge on any atom is 0.255 e. The van der Waals surface area contributed by atoms with Gasteiger partial charge in [-0.25, -0.2) is 0 Å². The zero-order valence-corrected chi connectivity index (χ0v) is 12.2. The molecule has 1 amide bonds. The molecule has 0 aliphatic carbocycles. The fraction of sp³-hybridized carbons (Fsp3) is 0. The maximum atomic E-state index is 12.2. The number of hydrogen-bond donors (Lipinski definition) is 1. The van der Waals surface area contributed by atoms with E-state index < -0.39 is 0 Å². The van der Waals surface area contributed by atoms with Gasteiger partial charge in [0.2, 0.25) is 0 Å². The first-order valence-electron chi connectivity index (χ1n) is 6.11. The van der Waals surface area contributed by atoms with Crippen LogP contribution in [0.25, 0.3) is 11.0 Å². The lowest BCUT2D eigenvalue weighted by atomic mass is 10.2. The van der Waals surface area contributed by atoms with Crippen LogP contribution >= 0.6 is 23.2 Å². The second kappa shape index (κ2) is 5.68. The van der Waals surface area contributed by atoms with E-state index in [1.807, 2.05) is 0 Å². The summed E-state index contributed by atoms with van der Waals surface area (Å²) >= 11 is 11.7. The number of rotatable bonds is 2. The molecule has 1 aromatic heterocycles. The van der Waals surface area contributed by atoms with Crippen LogP contribution < -0.4 is 5.32 Å². The van der Waals surface area contributed by atoms with Gasteiger partial charge in [-0.05, 0) is 36.4 Å². The third kappa shape index (κ3) is 2.96. The van der Waals surface area contributed by atoms with Gasteiger partial charge in [0.25, 0.3) is 5.91 Å². The summed E-state index contributed by atoms with van der Waals surface area (Å²) in [6.45, 7) is 0. The van der Waals surface area contributed by atoms with Crippen LogP contribution in [0.5, 0.6) is 0 Å². The number of anilines is 1. The Morgan fingerprint density at radius 2 is 1.67 bits per heavy atom. The largest absolute Gasteiger partial charge is 0.322 e. The van der Waals surface area contributed by atoms with E-state index in [4.69, 9.17) is 23.2 Å². The molecule has 0 bridgehead atoms. The van der Waals surface area contributed by atoms with Crippen LogP contribution in [-0.4, -0.2) is 15.9 Å². The van der Waals surface area contributed by atoms with Crippen molar-refractivity contribution in [2.75, 3.05) is 5.32 Å². The van der Waals surface area contributed by atoms with Crippen molar-refractivity contribution in [3.05, 3.63) is 64.4 Å². The van der Waals surface area contributed by atoms with Gasteiger partial charge in [-0.1, -0.05) is 23.2 Å². The van der Waals surface area contributed by atoms with E-state index in [0.717, 1.165) is 5.52 Å². The first kappa shape index (κ1) is 13.8. The summed E-state index contributed by atoms with van der Waals surface area (Å²) in [5.74, 6) is -0.267. The minimum Gasteiger partial charge on any atom is -0.322 e. The number of fused-ring (bicyclic) bond motifs is 1. The maximum absolute atomic E-state index is 12.2. The molecule has 0 radical (unpaired) electrons. The van der Waals surface area contributed by atoms with Crippen molar-refractivity contribution in [2.24, 2.45) is 0 Å². The molecule has 0 unspecified atom stereocenters. The molecule has 0 spiro atoms. The van der Waals surface area contributed by atoms with Crippen molar-refractivity contribution in [1.82, 2.24) is 9.97 Å². The van der Waals surface area contributed by atoms with E-state index in [9.17, 15) is 4.79 Å². The Morgan fingerprint density at radius 3 is 2.43 bits per heavy atom. The van der Waals surface area contributed by atoms with Crippen molar-refractivity contribution in [1.29, 1.82) is 0 Å². The van der Waals surface area contributed by atoms with Gasteiger partial charge in [0.1, 0.15) is 0 Å². The SMILES string of the molecule is O=C(Nc1ccc2nccnc2c1)c1ccc(Cl)c(Cl)c1. The lowest BCUT2D eigenvalue weighted by Crippen LogP contribution is -2.11. The lowest BCUT2D eigenvalue weighted by Gasteiger charge is -2.07. The fourth-order valence-corrected chi connectivity index (χ4v) is 2.18. The Morgan fingerprint density at radius 1 is 0.905 bits per heavy atom. The molecular weight excluding hydrogens is 309 g/mol. The van der Waals surface area contributed by atoms with Gasteiger partial charge in [0.15, 0.2) is 0 Å². The van der Waals surface area contributed by atoms with E-state index in [0.29, 0.717) is 26.8 Å². The molecule has 0 fully saturated rings. The fourth-order valence-electron chi connectivity index (χ4n) is 1.88. The molecule has 0 atom stereocenters. The average molecular weight is 318 g/mol. The predicted octanol–water partition coefficient (Wildman–Crippen LogP) is 4.19. The molecule has 1 heterocycles. The summed E-state index contributed by atoms with van der Waals surface area (Å²) in [4.78, 5) is 20.5. The Bertz CT molecular complexity index is 836. The molecule has 0 aliphatic rings. The minimum absolute atomic E-state index is 0.267. The molecule has 0 saturated heterocycles. The number of nitrogens with one attached hydrogen (secondary N) is 1. The number of carbonyl (C=O) groups is 1. The number of halogens is 2. The van der Waals surface area contributed by atoms with Gasteiger partial charge in [-0.3, -0.25) is 14.8 Å². The molecule has 2 aromatic carbocycles. The van der Waals surface area contributed by atoms with Crippen molar-refractivity contribution in [3.63, 3.8) is 0 Å². The van der Waals surface area contributed by atoms with Crippen LogP contribution in [0.3, 0.4) is 0 Å². The molecule has 6 heteroatoms. The summed E-state index contributed by atoms with van der Waals surface area (Å²) in [5, 5.41) is 3.54. The Hall–Kier alpha value is -2.17. The topological polar surface area (TPSA) is 54.9 Å².